The summed E-state index contributed by atoms with van der Waals surface area (Å²) in [6.45, 7) is 1.99. The molecule has 7 heteroatoms. The maximum Gasteiger partial charge on any atom is 0.231 e. The Bertz CT molecular complexity index is 591. The van der Waals surface area contributed by atoms with Crippen LogP contribution in [0.4, 0.5) is 5.13 Å². The smallest absolute Gasteiger partial charge is 0.231 e. The van der Waals surface area contributed by atoms with Crippen molar-refractivity contribution in [3.8, 4) is 11.5 Å². The van der Waals surface area contributed by atoms with E-state index in [4.69, 9.17) is 15.2 Å². The van der Waals surface area contributed by atoms with Crippen LogP contribution < -0.4 is 15.2 Å². The fraction of sp³-hybridized carbons (Fsp3) is 0.308. The molecule has 0 spiro atoms. The Labute approximate surface area is 127 Å². The number of ether oxygens (including phenoxy) is 2. The number of fused-ring (bicyclic) bond motifs is 1. The highest BCUT2D eigenvalue weighted by Gasteiger charge is 2.14. The van der Waals surface area contributed by atoms with Gasteiger partial charge in [0.05, 0.1) is 0 Å². The molecular formula is C13H16ClN3O2S. The van der Waals surface area contributed by atoms with E-state index in [1.165, 1.54) is 21.8 Å². The molecule has 3 rings (SSSR count). The van der Waals surface area contributed by atoms with Crippen LogP contribution in [0, 0.1) is 0 Å². The number of nitrogens with zero attached hydrogens (tertiary/aromatic N) is 2. The fourth-order valence-corrected chi connectivity index (χ4v) is 2.83. The first-order valence-electron chi connectivity index (χ1n) is 5.98. The maximum absolute atomic E-state index is 5.63. The van der Waals surface area contributed by atoms with Crippen molar-refractivity contribution in [2.45, 2.75) is 13.1 Å². The predicted molar refractivity (Wildman–Crippen MR) is 81.5 cm³/mol. The Morgan fingerprint density at radius 1 is 1.30 bits per heavy atom. The van der Waals surface area contributed by atoms with Crippen molar-refractivity contribution < 1.29 is 9.47 Å². The zero-order valence-electron chi connectivity index (χ0n) is 11.0. The molecule has 0 atom stereocenters. The number of aromatic nitrogens is 1. The van der Waals surface area contributed by atoms with Crippen LogP contribution in [0.1, 0.15) is 10.4 Å². The molecule has 1 aliphatic heterocycles. The first-order valence-corrected chi connectivity index (χ1v) is 6.79. The summed E-state index contributed by atoms with van der Waals surface area (Å²) in [7, 11) is 2.07. The van der Waals surface area contributed by atoms with E-state index in [1.807, 2.05) is 18.3 Å². The number of benzene rings is 1. The van der Waals surface area contributed by atoms with Crippen molar-refractivity contribution in [3.05, 3.63) is 34.8 Å². The minimum absolute atomic E-state index is 0. The van der Waals surface area contributed by atoms with Gasteiger partial charge in [0.2, 0.25) is 6.79 Å². The molecule has 0 amide bonds. The van der Waals surface area contributed by atoms with E-state index >= 15 is 0 Å². The Morgan fingerprint density at radius 3 is 2.85 bits per heavy atom. The highest BCUT2D eigenvalue weighted by atomic mass is 35.5. The van der Waals surface area contributed by atoms with Gasteiger partial charge in [0.15, 0.2) is 16.6 Å². The van der Waals surface area contributed by atoms with Crippen LogP contribution in [0.5, 0.6) is 11.5 Å². The Morgan fingerprint density at radius 2 is 2.10 bits per heavy atom. The third-order valence-corrected chi connectivity index (χ3v) is 3.70. The van der Waals surface area contributed by atoms with Crippen LogP contribution in [0.2, 0.25) is 0 Å². The van der Waals surface area contributed by atoms with Gasteiger partial charge < -0.3 is 15.2 Å². The van der Waals surface area contributed by atoms with Gasteiger partial charge >= 0.3 is 0 Å². The second-order valence-electron chi connectivity index (χ2n) is 4.52. The van der Waals surface area contributed by atoms with Crippen molar-refractivity contribution in [2.75, 3.05) is 19.6 Å². The largest absolute Gasteiger partial charge is 0.454 e. The van der Waals surface area contributed by atoms with Crippen molar-refractivity contribution in [3.63, 3.8) is 0 Å². The average Bonchev–Trinajstić information content (AvgIpc) is 2.97. The topological polar surface area (TPSA) is 60.6 Å². The van der Waals surface area contributed by atoms with Gasteiger partial charge in [-0.25, -0.2) is 4.98 Å². The van der Waals surface area contributed by atoms with Crippen LogP contribution in [0.25, 0.3) is 0 Å². The van der Waals surface area contributed by atoms with Gasteiger partial charge in [0, 0.05) is 24.2 Å². The monoisotopic (exact) mass is 313 g/mol. The Balaban J connectivity index is 0.00000147. The molecule has 2 N–H and O–H groups in total. The molecule has 20 heavy (non-hydrogen) atoms. The van der Waals surface area contributed by atoms with E-state index in [1.54, 1.807) is 0 Å². The first kappa shape index (κ1) is 14.9. The molecule has 2 heterocycles. The summed E-state index contributed by atoms with van der Waals surface area (Å²) in [6.07, 6.45) is 1.83. The molecule has 0 saturated heterocycles. The van der Waals surface area contributed by atoms with E-state index in [0.29, 0.717) is 11.9 Å². The van der Waals surface area contributed by atoms with Crippen molar-refractivity contribution in [2.24, 2.45) is 0 Å². The fourth-order valence-electron chi connectivity index (χ4n) is 2.07. The zero-order chi connectivity index (χ0) is 13.2. The van der Waals surface area contributed by atoms with Crippen LogP contribution in [-0.4, -0.2) is 23.7 Å². The number of hydrogen-bond donors (Lipinski definition) is 1. The molecule has 0 bridgehead atoms. The summed E-state index contributed by atoms with van der Waals surface area (Å²) in [4.78, 5) is 7.44. The van der Waals surface area contributed by atoms with Crippen LogP contribution >= 0.6 is 23.7 Å². The number of rotatable bonds is 4. The summed E-state index contributed by atoms with van der Waals surface area (Å²) in [6, 6.07) is 6.04. The van der Waals surface area contributed by atoms with Gasteiger partial charge in [-0.2, -0.15) is 0 Å². The molecular weight excluding hydrogens is 298 g/mol. The molecule has 1 aliphatic rings. The van der Waals surface area contributed by atoms with Gasteiger partial charge in [0.1, 0.15) is 0 Å². The predicted octanol–water partition coefficient (Wildman–Crippen LogP) is 2.51. The molecule has 0 unspecified atom stereocenters. The number of anilines is 1. The number of nitrogen functional groups attached to an aromatic ring is 1. The van der Waals surface area contributed by atoms with Gasteiger partial charge in [-0.3, -0.25) is 4.90 Å². The Kier molecular flexibility index (Phi) is 4.69. The van der Waals surface area contributed by atoms with E-state index in [0.717, 1.165) is 24.6 Å². The normalized spacial score (nSPS) is 12.5. The lowest BCUT2D eigenvalue weighted by Gasteiger charge is -2.15. The van der Waals surface area contributed by atoms with Crippen molar-refractivity contribution in [1.29, 1.82) is 0 Å². The molecule has 0 radical (unpaired) electrons. The van der Waals surface area contributed by atoms with Gasteiger partial charge in [-0.1, -0.05) is 6.07 Å². The number of halogens is 1. The van der Waals surface area contributed by atoms with E-state index in [-0.39, 0.29) is 12.4 Å². The lowest BCUT2D eigenvalue weighted by Crippen LogP contribution is -2.16. The van der Waals surface area contributed by atoms with Gasteiger partial charge in [-0.05, 0) is 24.7 Å². The standard InChI is InChI=1S/C13H15N3O2S.ClH/c1-16(7-10-5-15-13(14)19-10)6-9-2-3-11-12(4-9)18-8-17-11;/h2-5H,6-8H2,1H3,(H2,14,15);1H. The second-order valence-corrected chi connectivity index (χ2v) is 5.67. The van der Waals surface area contributed by atoms with Crippen molar-refractivity contribution in [1.82, 2.24) is 9.88 Å². The molecule has 2 aromatic rings. The molecule has 5 nitrogen and oxygen atoms in total. The number of thiazole rings is 1. The Hall–Kier alpha value is -1.50. The quantitative estimate of drug-likeness (QED) is 0.939. The van der Waals surface area contributed by atoms with E-state index in [2.05, 4.69) is 23.0 Å². The average molecular weight is 314 g/mol. The molecule has 0 fully saturated rings. The summed E-state index contributed by atoms with van der Waals surface area (Å²) in [5, 5.41) is 0.617. The lowest BCUT2D eigenvalue weighted by atomic mass is 10.2. The highest BCUT2D eigenvalue weighted by molar-refractivity contribution is 7.15. The van der Waals surface area contributed by atoms with Crippen LogP contribution in [0.3, 0.4) is 0 Å². The molecule has 108 valence electrons. The van der Waals surface area contributed by atoms with Gasteiger partial charge in [-0.15, -0.1) is 23.7 Å². The zero-order valence-corrected chi connectivity index (χ0v) is 12.7. The van der Waals surface area contributed by atoms with E-state index < -0.39 is 0 Å². The number of nitrogens with two attached hydrogens (primary N) is 1. The van der Waals surface area contributed by atoms with Crippen LogP contribution in [-0.2, 0) is 13.1 Å². The molecule has 0 aliphatic carbocycles. The molecule has 0 saturated carbocycles. The van der Waals surface area contributed by atoms with E-state index in [9.17, 15) is 0 Å². The SMILES string of the molecule is CN(Cc1ccc2c(c1)OCO2)Cc1cnc(N)s1.Cl. The minimum Gasteiger partial charge on any atom is -0.454 e. The summed E-state index contributed by atoms with van der Waals surface area (Å²) in [5.41, 5.74) is 6.83. The highest BCUT2D eigenvalue weighted by Crippen LogP contribution is 2.32. The maximum atomic E-state index is 5.63. The van der Waals surface area contributed by atoms with Crippen molar-refractivity contribution >= 4 is 28.9 Å². The van der Waals surface area contributed by atoms with Crippen LogP contribution in [0.15, 0.2) is 24.4 Å². The first-order chi connectivity index (χ1) is 9.20. The lowest BCUT2D eigenvalue weighted by molar-refractivity contribution is 0.174. The third kappa shape index (κ3) is 3.33. The molecule has 1 aromatic carbocycles. The summed E-state index contributed by atoms with van der Waals surface area (Å²) in [5.74, 6) is 1.65. The second kappa shape index (κ2) is 6.30. The summed E-state index contributed by atoms with van der Waals surface area (Å²) < 4.78 is 10.7. The minimum atomic E-state index is 0. The van der Waals surface area contributed by atoms with Gasteiger partial charge in [0.25, 0.3) is 0 Å². The molecule has 1 aromatic heterocycles. The summed E-state index contributed by atoms with van der Waals surface area (Å²) >= 11 is 1.53. The number of hydrogen-bond acceptors (Lipinski definition) is 6. The third-order valence-electron chi connectivity index (χ3n) is 2.89.